The second-order valence-corrected chi connectivity index (χ2v) is 12.8. The molecule has 3 aromatic heterocycles. The van der Waals surface area contributed by atoms with Gasteiger partial charge < -0.3 is 20.1 Å². The quantitative estimate of drug-likeness (QED) is 0.316. The number of nitrogens with one attached hydrogen (secondary N) is 1. The summed E-state index contributed by atoms with van der Waals surface area (Å²) in [6.07, 6.45) is 1.96. The molecule has 1 aromatic carbocycles. The number of aromatic nitrogens is 3. The molecule has 4 aromatic rings. The van der Waals surface area contributed by atoms with Crippen molar-refractivity contribution in [2.24, 2.45) is 0 Å². The minimum Gasteiger partial charge on any atom is -0.395 e. The van der Waals surface area contributed by atoms with Crippen molar-refractivity contribution < 1.29 is 23.1 Å². The molecular formula is C31H35N5O5S. The summed E-state index contributed by atoms with van der Waals surface area (Å²) in [6.45, 7) is 8.76. The first-order valence-corrected chi connectivity index (χ1v) is 15.6. The normalized spacial score (nSPS) is 17.4. The van der Waals surface area contributed by atoms with Gasteiger partial charge in [-0.3, -0.25) is 9.78 Å². The van der Waals surface area contributed by atoms with Gasteiger partial charge in [-0.15, -0.1) is 0 Å². The molecule has 1 fully saturated rings. The molecule has 0 aliphatic carbocycles. The largest absolute Gasteiger partial charge is 0.395 e. The maximum absolute atomic E-state index is 13.0. The summed E-state index contributed by atoms with van der Waals surface area (Å²) in [5.74, 6) is 0.0582. The van der Waals surface area contributed by atoms with Crippen molar-refractivity contribution in [2.45, 2.75) is 51.3 Å². The van der Waals surface area contributed by atoms with Gasteiger partial charge >= 0.3 is 0 Å². The Balaban J connectivity index is 1.34. The van der Waals surface area contributed by atoms with Crippen LogP contribution in [0.4, 0.5) is 5.82 Å². The molecule has 1 aliphatic rings. The lowest BCUT2D eigenvalue weighted by Gasteiger charge is -2.36. The fourth-order valence-corrected chi connectivity index (χ4v) is 6.58. The van der Waals surface area contributed by atoms with E-state index in [1.807, 2.05) is 36.4 Å². The van der Waals surface area contributed by atoms with Crippen LogP contribution in [0.2, 0.25) is 0 Å². The Labute approximate surface area is 245 Å². The van der Waals surface area contributed by atoms with Crippen molar-refractivity contribution in [1.29, 1.82) is 0 Å². The van der Waals surface area contributed by atoms with Crippen LogP contribution in [0.25, 0.3) is 22.3 Å². The third kappa shape index (κ3) is 6.43. The number of sulfone groups is 1. The van der Waals surface area contributed by atoms with Gasteiger partial charge in [0.25, 0.3) is 5.91 Å². The second kappa shape index (κ2) is 12.1. The van der Waals surface area contributed by atoms with Gasteiger partial charge in [-0.1, -0.05) is 6.07 Å². The number of fused-ring (bicyclic) bond motifs is 1. The molecule has 1 aliphatic heterocycles. The Bertz CT molecular complexity index is 1730. The summed E-state index contributed by atoms with van der Waals surface area (Å²) in [6, 6.07) is 14.6. The zero-order valence-electron chi connectivity index (χ0n) is 24.2. The fraction of sp³-hybridized carbons (Fsp3) is 0.355. The van der Waals surface area contributed by atoms with E-state index in [9.17, 15) is 18.3 Å². The number of carbonyl (C=O) groups is 1. The van der Waals surface area contributed by atoms with Crippen LogP contribution in [0.5, 0.6) is 0 Å². The first-order chi connectivity index (χ1) is 20.0. The standard InChI is InChI=1S/C31H35N5O5S/c1-19-12-24(13-29(22(19)4)42(39,40)11-10-37)31(38)33-16-25-14-28-23(15-32-25)8-9-27(34-28)26-6-5-7-30(35-26)36-17-20(2)41-21(3)18-36/h5-9,12-15,20-21,37H,10-11,16-18H2,1-4H3,(H,33,38)/t20-,21+. The Kier molecular flexibility index (Phi) is 8.53. The van der Waals surface area contributed by atoms with E-state index in [-0.39, 0.29) is 29.2 Å². The number of rotatable bonds is 8. The van der Waals surface area contributed by atoms with Gasteiger partial charge in [0.05, 0.1) is 58.6 Å². The number of ether oxygens (including phenoxy) is 1. The number of aliphatic hydroxyl groups is 1. The third-order valence-corrected chi connectivity index (χ3v) is 9.19. The molecular weight excluding hydrogens is 554 g/mol. The molecule has 0 unspecified atom stereocenters. The van der Waals surface area contributed by atoms with Crippen LogP contribution in [-0.4, -0.2) is 72.0 Å². The average Bonchev–Trinajstić information content (AvgIpc) is 2.96. The van der Waals surface area contributed by atoms with Gasteiger partial charge in [0.2, 0.25) is 0 Å². The van der Waals surface area contributed by atoms with Crippen LogP contribution in [0.3, 0.4) is 0 Å². The lowest BCUT2D eigenvalue weighted by molar-refractivity contribution is -0.00545. The number of nitrogens with zero attached hydrogens (tertiary/aromatic N) is 4. The van der Waals surface area contributed by atoms with Crippen molar-refractivity contribution in [2.75, 3.05) is 30.3 Å². The van der Waals surface area contributed by atoms with Gasteiger partial charge in [0, 0.05) is 30.2 Å². The number of hydrogen-bond acceptors (Lipinski definition) is 9. The molecule has 0 saturated carbocycles. The number of hydrogen-bond donors (Lipinski definition) is 2. The van der Waals surface area contributed by atoms with Gasteiger partial charge in [0.1, 0.15) is 5.82 Å². The van der Waals surface area contributed by atoms with Crippen molar-refractivity contribution in [3.63, 3.8) is 0 Å². The summed E-state index contributed by atoms with van der Waals surface area (Å²) in [5, 5.41) is 12.9. The first-order valence-electron chi connectivity index (χ1n) is 13.9. The van der Waals surface area contributed by atoms with E-state index in [2.05, 4.69) is 29.0 Å². The zero-order chi connectivity index (χ0) is 30.0. The van der Waals surface area contributed by atoms with Crippen LogP contribution in [0, 0.1) is 13.8 Å². The number of anilines is 1. The van der Waals surface area contributed by atoms with E-state index >= 15 is 0 Å². The SMILES string of the molecule is Cc1cc(C(=O)NCc2cc3nc(-c4cccc(N5C[C@@H](C)O[C@@H](C)C5)n4)ccc3cn2)cc(S(=O)(=O)CCO)c1C. The highest BCUT2D eigenvalue weighted by molar-refractivity contribution is 7.91. The summed E-state index contributed by atoms with van der Waals surface area (Å²) < 4.78 is 31.1. The summed E-state index contributed by atoms with van der Waals surface area (Å²) in [7, 11) is -3.72. The zero-order valence-corrected chi connectivity index (χ0v) is 25.0. The van der Waals surface area contributed by atoms with Crippen molar-refractivity contribution in [3.05, 3.63) is 77.1 Å². The lowest BCUT2D eigenvalue weighted by Crippen LogP contribution is -2.45. The topological polar surface area (TPSA) is 135 Å². The minimum atomic E-state index is -3.72. The number of carbonyl (C=O) groups excluding carboxylic acids is 1. The molecule has 5 rings (SSSR count). The van der Waals surface area contributed by atoms with Crippen LogP contribution >= 0.6 is 0 Å². The number of aliphatic hydroxyl groups excluding tert-OH is 1. The summed E-state index contributed by atoms with van der Waals surface area (Å²) in [5.41, 5.74) is 4.28. The molecule has 4 heterocycles. The highest BCUT2D eigenvalue weighted by atomic mass is 32.2. The van der Waals surface area contributed by atoms with Crippen molar-refractivity contribution in [1.82, 2.24) is 20.3 Å². The maximum atomic E-state index is 13.0. The molecule has 10 nitrogen and oxygen atoms in total. The predicted octanol–water partition coefficient (Wildman–Crippen LogP) is 3.62. The Morgan fingerprint density at radius 2 is 1.79 bits per heavy atom. The van der Waals surface area contributed by atoms with Crippen LogP contribution in [0.1, 0.15) is 41.0 Å². The second-order valence-electron chi connectivity index (χ2n) is 10.7. The summed E-state index contributed by atoms with van der Waals surface area (Å²) >= 11 is 0. The first kappa shape index (κ1) is 29.6. The van der Waals surface area contributed by atoms with E-state index in [1.54, 1.807) is 26.1 Å². The van der Waals surface area contributed by atoms with Crippen molar-refractivity contribution >= 4 is 32.5 Å². The minimum absolute atomic E-state index is 0.0533. The Morgan fingerprint density at radius 1 is 1.05 bits per heavy atom. The van der Waals surface area contributed by atoms with E-state index < -0.39 is 28.1 Å². The number of benzene rings is 1. The molecule has 2 atom stereocenters. The number of aryl methyl sites for hydroxylation is 1. The molecule has 11 heteroatoms. The highest BCUT2D eigenvalue weighted by Gasteiger charge is 2.24. The number of pyridine rings is 3. The third-order valence-electron chi connectivity index (χ3n) is 7.38. The monoisotopic (exact) mass is 589 g/mol. The molecule has 0 radical (unpaired) electrons. The van der Waals surface area contributed by atoms with E-state index in [4.69, 9.17) is 14.7 Å². The Morgan fingerprint density at radius 3 is 2.52 bits per heavy atom. The predicted molar refractivity (Wildman–Crippen MR) is 161 cm³/mol. The van der Waals surface area contributed by atoms with Gasteiger partial charge in [0.15, 0.2) is 9.84 Å². The van der Waals surface area contributed by atoms with Crippen LogP contribution in [0.15, 0.2) is 59.6 Å². The van der Waals surface area contributed by atoms with E-state index in [0.29, 0.717) is 16.8 Å². The molecule has 2 N–H and O–H groups in total. The van der Waals surface area contributed by atoms with E-state index in [1.165, 1.54) is 6.07 Å². The van der Waals surface area contributed by atoms with Crippen molar-refractivity contribution in [3.8, 4) is 11.4 Å². The average molecular weight is 590 g/mol. The molecule has 1 saturated heterocycles. The maximum Gasteiger partial charge on any atom is 0.251 e. The molecule has 0 bridgehead atoms. The molecule has 0 spiro atoms. The molecule has 42 heavy (non-hydrogen) atoms. The lowest BCUT2D eigenvalue weighted by atomic mass is 10.1. The van der Waals surface area contributed by atoms with Gasteiger partial charge in [-0.2, -0.15) is 0 Å². The van der Waals surface area contributed by atoms with Crippen LogP contribution < -0.4 is 10.2 Å². The Hall–Kier alpha value is -3.93. The van der Waals surface area contributed by atoms with E-state index in [0.717, 1.165) is 41.2 Å². The molecule has 220 valence electrons. The molecule has 1 amide bonds. The highest BCUT2D eigenvalue weighted by Crippen LogP contribution is 2.25. The van der Waals surface area contributed by atoms with Gasteiger partial charge in [-0.05, 0) is 81.3 Å². The number of morpholine rings is 1. The van der Waals surface area contributed by atoms with Crippen LogP contribution in [-0.2, 0) is 21.1 Å². The fourth-order valence-electron chi connectivity index (χ4n) is 5.19. The summed E-state index contributed by atoms with van der Waals surface area (Å²) in [4.78, 5) is 29.5. The smallest absolute Gasteiger partial charge is 0.251 e. The number of amides is 1. The van der Waals surface area contributed by atoms with Gasteiger partial charge in [-0.25, -0.2) is 18.4 Å².